The fourth-order valence-corrected chi connectivity index (χ4v) is 15.8. The van der Waals surface area contributed by atoms with Crippen LogP contribution < -0.4 is 5.32 Å². The maximum absolute atomic E-state index is 15.2. The predicted molar refractivity (Wildman–Crippen MR) is 213 cm³/mol. The molecule has 1 N–H and O–H groups in total. The summed E-state index contributed by atoms with van der Waals surface area (Å²) in [5.41, 5.74) is 1.97. The monoisotopic (exact) mass is 766 g/mol. The molecule has 4 saturated carbocycles. The van der Waals surface area contributed by atoms with E-state index in [0.717, 1.165) is 57.1 Å². The Balaban J connectivity index is 1.12. The number of nitrogens with one attached hydrogen (secondary N) is 1. The molecule has 1 amide bonds. The molecule has 0 bridgehead atoms. The minimum Gasteiger partial charge on any atom is -0.465 e. The lowest BCUT2D eigenvalue weighted by Crippen LogP contribution is -2.66. The minimum absolute atomic E-state index is 0.0243. The lowest BCUT2D eigenvalue weighted by atomic mass is 9.32. The number of hydrogen-bond acceptors (Lipinski definition) is 6. The van der Waals surface area contributed by atoms with Crippen molar-refractivity contribution in [1.29, 1.82) is 0 Å². The zero-order chi connectivity index (χ0) is 39.1. The summed E-state index contributed by atoms with van der Waals surface area (Å²) in [5.74, 6) is 2.59. The molecular formula is C45H67FN2O5S. The van der Waals surface area contributed by atoms with Gasteiger partial charge in [0, 0.05) is 19.6 Å². The highest BCUT2D eigenvalue weighted by molar-refractivity contribution is 7.91. The van der Waals surface area contributed by atoms with Crippen LogP contribution >= 0.6 is 0 Å². The number of ether oxygens (including phenoxy) is 1. The molecule has 300 valence electrons. The van der Waals surface area contributed by atoms with Crippen LogP contribution in [0, 0.1) is 68.4 Å². The second-order valence-corrected chi connectivity index (χ2v) is 22.4. The van der Waals surface area contributed by atoms with Gasteiger partial charge in [0.05, 0.1) is 29.6 Å². The highest BCUT2D eigenvalue weighted by Crippen LogP contribution is 2.77. The van der Waals surface area contributed by atoms with Crippen molar-refractivity contribution in [1.82, 2.24) is 10.2 Å². The number of hydrogen-bond donors (Lipinski definition) is 1. The van der Waals surface area contributed by atoms with Gasteiger partial charge in [-0.05, 0) is 151 Å². The van der Waals surface area contributed by atoms with Crippen LogP contribution in [0.1, 0.15) is 129 Å². The molecule has 6 aliphatic rings. The average Bonchev–Trinajstić information content (AvgIpc) is 3.52. The van der Waals surface area contributed by atoms with E-state index in [1.54, 1.807) is 6.07 Å². The number of fused-ring (bicyclic) bond motifs is 7. The molecule has 9 heteroatoms. The van der Waals surface area contributed by atoms with Gasteiger partial charge in [0.1, 0.15) is 5.82 Å². The first-order chi connectivity index (χ1) is 25.3. The Morgan fingerprint density at radius 3 is 2.33 bits per heavy atom. The third-order valence-corrected chi connectivity index (χ3v) is 19.0. The summed E-state index contributed by atoms with van der Waals surface area (Å²) in [6.45, 7) is 20.0. The first-order valence-electron chi connectivity index (χ1n) is 21.1. The maximum Gasteiger partial charge on any atom is 0.340 e. The molecule has 54 heavy (non-hydrogen) atoms. The van der Waals surface area contributed by atoms with Gasteiger partial charge in [-0.2, -0.15) is 0 Å². The molecule has 1 aromatic rings. The smallest absolute Gasteiger partial charge is 0.340 e. The standard InChI is InChI=1S/C45H67FN2O5S/c1-29(2)31-14-19-45(40(50)47-22-9-23-48-24-26-54(51,52)27-25-48)21-20-43(6)34(38(31)45)12-13-37-42(5)17-15-33(41(3,4)36(42)16-18-44(37,43)7)30-10-11-32(35(46)28-30)39(49)53-8/h10-11,15,28-29,31,34,36-38H,9,12-14,16-27H2,1-8H3,(H,47,50)/t31-,34+,36-,37+,38+,42-,43+,44+,45-/m0/s1. The molecule has 5 fully saturated rings. The summed E-state index contributed by atoms with van der Waals surface area (Å²) in [6.07, 6.45) is 13.1. The van der Waals surface area contributed by atoms with E-state index < -0.39 is 21.6 Å². The molecule has 9 atom stereocenters. The largest absolute Gasteiger partial charge is 0.465 e. The van der Waals surface area contributed by atoms with Crippen molar-refractivity contribution in [3.63, 3.8) is 0 Å². The van der Waals surface area contributed by atoms with Crippen LogP contribution in [0.2, 0.25) is 0 Å². The Morgan fingerprint density at radius 2 is 1.67 bits per heavy atom. The number of nitrogens with zero attached hydrogens (tertiary/aromatic N) is 1. The van der Waals surface area contributed by atoms with Crippen LogP contribution in [0.25, 0.3) is 5.57 Å². The van der Waals surface area contributed by atoms with Gasteiger partial charge in [-0.1, -0.05) is 60.6 Å². The summed E-state index contributed by atoms with van der Waals surface area (Å²) in [4.78, 5) is 28.9. The number of methoxy groups -OCH3 is 1. The molecule has 7 nitrogen and oxygen atoms in total. The first-order valence-corrected chi connectivity index (χ1v) is 23.0. The quantitative estimate of drug-likeness (QED) is 0.211. The van der Waals surface area contributed by atoms with Gasteiger partial charge in [-0.15, -0.1) is 0 Å². The van der Waals surface area contributed by atoms with E-state index in [0.29, 0.717) is 55.1 Å². The predicted octanol–water partition coefficient (Wildman–Crippen LogP) is 8.58. The van der Waals surface area contributed by atoms with Crippen molar-refractivity contribution < 1.29 is 27.1 Å². The van der Waals surface area contributed by atoms with Crippen molar-refractivity contribution in [2.75, 3.05) is 44.8 Å². The zero-order valence-corrected chi connectivity index (χ0v) is 35.2. The Labute approximate surface area is 324 Å². The highest BCUT2D eigenvalue weighted by Gasteiger charge is 2.71. The van der Waals surface area contributed by atoms with Crippen molar-refractivity contribution in [3.05, 3.63) is 41.2 Å². The summed E-state index contributed by atoms with van der Waals surface area (Å²) in [6, 6.07) is 5.00. The van der Waals surface area contributed by atoms with Crippen molar-refractivity contribution >= 4 is 27.3 Å². The number of halogens is 1. The number of rotatable bonds is 8. The SMILES string of the molecule is COC(=O)c1ccc(C2=CC[C@]3(C)[C@H]4CC[C@@H]5[C@H]6[C@H](C(C)C)CC[C@]6(C(=O)NCCCN6CCS(=O)(=O)CC6)CC[C@@]5(C)[C@]4(C)CC[C@H]3C2(C)C)cc1F. The van der Waals surface area contributed by atoms with Crippen LogP contribution in [0.3, 0.4) is 0 Å². The Bertz CT molecular complexity index is 1780. The topological polar surface area (TPSA) is 92.8 Å². The number of sulfone groups is 1. The highest BCUT2D eigenvalue weighted by atomic mass is 32.2. The fourth-order valence-electron chi connectivity index (χ4n) is 14.5. The molecular weight excluding hydrogens is 700 g/mol. The van der Waals surface area contributed by atoms with Crippen molar-refractivity contribution in [3.8, 4) is 0 Å². The number of carbonyl (C=O) groups is 2. The molecule has 7 rings (SSSR count). The third-order valence-electron chi connectivity index (χ3n) is 17.4. The second-order valence-electron chi connectivity index (χ2n) is 20.1. The van der Waals surface area contributed by atoms with E-state index in [4.69, 9.17) is 4.74 Å². The van der Waals surface area contributed by atoms with Gasteiger partial charge in [-0.3, -0.25) is 4.79 Å². The number of allylic oxidation sites excluding steroid dienone is 2. The molecule has 1 aromatic carbocycles. The lowest BCUT2D eigenvalue weighted by molar-refractivity contribution is -0.227. The normalized spacial score (nSPS) is 39.7. The van der Waals surface area contributed by atoms with Crippen LogP contribution in [-0.2, 0) is 19.4 Å². The van der Waals surface area contributed by atoms with Crippen LogP contribution in [0.4, 0.5) is 4.39 Å². The summed E-state index contributed by atoms with van der Waals surface area (Å²) in [5, 5.41) is 3.45. The molecule has 1 heterocycles. The van der Waals surface area contributed by atoms with Crippen molar-refractivity contribution in [2.45, 2.75) is 113 Å². The summed E-state index contributed by atoms with van der Waals surface area (Å²) >= 11 is 0. The van der Waals surface area contributed by atoms with Gasteiger partial charge < -0.3 is 15.0 Å². The molecule has 0 aromatic heterocycles. The van der Waals surface area contributed by atoms with Crippen LogP contribution in [0.15, 0.2) is 24.3 Å². The van der Waals surface area contributed by atoms with E-state index in [1.165, 1.54) is 38.0 Å². The fraction of sp³-hybridized carbons (Fsp3) is 0.778. The Morgan fingerprint density at radius 1 is 0.944 bits per heavy atom. The summed E-state index contributed by atoms with van der Waals surface area (Å²) < 4.78 is 43.8. The van der Waals surface area contributed by atoms with Gasteiger partial charge >= 0.3 is 5.97 Å². The number of amides is 1. The van der Waals surface area contributed by atoms with Crippen LogP contribution in [0.5, 0.6) is 0 Å². The van der Waals surface area contributed by atoms with Gasteiger partial charge in [-0.25, -0.2) is 17.6 Å². The van der Waals surface area contributed by atoms with E-state index >= 15 is 4.39 Å². The van der Waals surface area contributed by atoms with Crippen molar-refractivity contribution in [2.24, 2.45) is 62.6 Å². The number of carbonyl (C=O) groups excluding carboxylic acids is 2. The van der Waals surface area contributed by atoms with Crippen LogP contribution in [-0.4, -0.2) is 70.0 Å². The maximum atomic E-state index is 15.2. The lowest BCUT2D eigenvalue weighted by Gasteiger charge is -2.72. The third kappa shape index (κ3) is 6.14. The first kappa shape index (κ1) is 40.0. The molecule has 1 aliphatic heterocycles. The van der Waals surface area contributed by atoms with Gasteiger partial charge in [0.15, 0.2) is 9.84 Å². The molecule has 1 saturated heterocycles. The second kappa shape index (κ2) is 14.0. The molecule has 5 aliphatic carbocycles. The number of esters is 1. The zero-order valence-electron chi connectivity index (χ0n) is 34.4. The van der Waals surface area contributed by atoms with E-state index in [2.05, 4.69) is 64.8 Å². The average molecular weight is 767 g/mol. The van der Waals surface area contributed by atoms with Gasteiger partial charge in [0.25, 0.3) is 0 Å². The van der Waals surface area contributed by atoms with Gasteiger partial charge in [0.2, 0.25) is 5.91 Å². The molecule has 0 unspecified atom stereocenters. The Hall–Kier alpha value is -2.26. The molecule has 0 radical (unpaired) electrons. The van der Waals surface area contributed by atoms with E-state index in [1.807, 2.05) is 6.07 Å². The Kier molecular flexibility index (Phi) is 10.3. The minimum atomic E-state index is -2.89. The summed E-state index contributed by atoms with van der Waals surface area (Å²) in [7, 11) is -1.61. The van der Waals surface area contributed by atoms with E-state index in [-0.39, 0.29) is 50.1 Å². The molecule has 0 spiro atoms. The number of benzene rings is 1. The van der Waals surface area contributed by atoms with E-state index in [9.17, 15) is 18.0 Å².